The zero-order valence-electron chi connectivity index (χ0n) is 14.5. The van der Waals surface area contributed by atoms with Gasteiger partial charge in [0.15, 0.2) is 0 Å². The van der Waals surface area contributed by atoms with Gasteiger partial charge in [-0.3, -0.25) is 4.79 Å². The number of nitrogens with one attached hydrogen (secondary N) is 1. The minimum Gasteiger partial charge on any atom is -0.481 e. The minimum atomic E-state index is -1.38. The van der Waals surface area contributed by atoms with Gasteiger partial charge in [-0.1, -0.05) is 12.5 Å². The molecule has 0 radical (unpaired) electrons. The van der Waals surface area contributed by atoms with Gasteiger partial charge in [0.25, 0.3) is 0 Å². The molecule has 0 saturated heterocycles. The summed E-state index contributed by atoms with van der Waals surface area (Å²) in [6.07, 6.45) is 4.03. The second-order valence-corrected chi connectivity index (χ2v) is 7.58. The zero-order chi connectivity index (χ0) is 18.2. The standard InChI is InChI=1S/C18H25BFNO4/c1-18(17(22)23)13(3-2-6-19(24)25)7-11-9-16(20)12(8-15(11)18)10-21-14-4-5-14/h8-9,13-14,21,24-25H,2-7,10H2,1H3,(H,22,23)/t13-,18-/m0/s1. The first-order valence-electron chi connectivity index (χ1n) is 8.97. The predicted octanol–water partition coefficient (Wildman–Crippen LogP) is 1.85. The lowest BCUT2D eigenvalue weighted by Gasteiger charge is -2.28. The van der Waals surface area contributed by atoms with Crippen molar-refractivity contribution in [2.75, 3.05) is 0 Å². The highest BCUT2D eigenvalue weighted by Crippen LogP contribution is 2.46. The average molecular weight is 349 g/mol. The molecule has 0 unspecified atom stereocenters. The highest BCUT2D eigenvalue weighted by Gasteiger charge is 2.49. The number of aliphatic carboxylic acids is 1. The summed E-state index contributed by atoms with van der Waals surface area (Å²) in [4.78, 5) is 12.1. The molecule has 0 heterocycles. The smallest absolute Gasteiger partial charge is 0.451 e. The van der Waals surface area contributed by atoms with Crippen molar-refractivity contribution in [1.82, 2.24) is 5.32 Å². The molecule has 3 rings (SSSR count). The largest absolute Gasteiger partial charge is 0.481 e. The van der Waals surface area contributed by atoms with E-state index >= 15 is 0 Å². The molecule has 1 saturated carbocycles. The van der Waals surface area contributed by atoms with Gasteiger partial charge in [0.1, 0.15) is 5.82 Å². The van der Waals surface area contributed by atoms with E-state index in [4.69, 9.17) is 10.0 Å². The zero-order valence-corrected chi connectivity index (χ0v) is 14.5. The molecule has 1 aromatic carbocycles. The lowest BCUT2D eigenvalue weighted by Crippen LogP contribution is -2.37. The van der Waals surface area contributed by atoms with Crippen molar-refractivity contribution in [1.29, 1.82) is 0 Å². The molecule has 2 aliphatic carbocycles. The summed E-state index contributed by atoms with van der Waals surface area (Å²) in [6.45, 7) is 2.12. The van der Waals surface area contributed by atoms with Crippen LogP contribution in [0.4, 0.5) is 4.39 Å². The molecule has 136 valence electrons. The Morgan fingerprint density at radius 3 is 2.72 bits per heavy atom. The molecule has 1 aromatic rings. The van der Waals surface area contributed by atoms with E-state index in [2.05, 4.69) is 5.32 Å². The van der Waals surface area contributed by atoms with Crippen molar-refractivity contribution in [3.8, 4) is 0 Å². The van der Waals surface area contributed by atoms with Crippen molar-refractivity contribution < 1.29 is 24.3 Å². The number of benzene rings is 1. The SMILES string of the molecule is C[C@@]1(C(=O)O)c2cc(CNC3CC3)c(F)cc2C[C@@H]1CCCB(O)O. The minimum absolute atomic E-state index is 0.176. The van der Waals surface area contributed by atoms with Gasteiger partial charge in [-0.2, -0.15) is 0 Å². The lowest BCUT2D eigenvalue weighted by atomic mass is 9.72. The third kappa shape index (κ3) is 3.73. The van der Waals surface area contributed by atoms with Crippen LogP contribution in [0.5, 0.6) is 0 Å². The number of hydrogen-bond acceptors (Lipinski definition) is 4. The highest BCUT2D eigenvalue weighted by atomic mass is 19.1. The molecule has 0 spiro atoms. The first-order chi connectivity index (χ1) is 11.8. The van der Waals surface area contributed by atoms with E-state index < -0.39 is 18.5 Å². The van der Waals surface area contributed by atoms with Crippen molar-refractivity contribution in [2.24, 2.45) is 5.92 Å². The molecule has 0 aliphatic heterocycles. The van der Waals surface area contributed by atoms with Crippen molar-refractivity contribution in [3.05, 3.63) is 34.6 Å². The molecule has 5 nitrogen and oxygen atoms in total. The topological polar surface area (TPSA) is 89.8 Å². The van der Waals surface area contributed by atoms with Gasteiger partial charge in [-0.25, -0.2) is 4.39 Å². The molecule has 0 bridgehead atoms. The second-order valence-electron chi connectivity index (χ2n) is 7.58. The van der Waals surface area contributed by atoms with Gasteiger partial charge in [-0.15, -0.1) is 0 Å². The Kier molecular flexibility index (Phi) is 5.18. The fourth-order valence-corrected chi connectivity index (χ4v) is 3.91. The number of carboxylic acid groups (broad SMARTS) is 1. The van der Waals surface area contributed by atoms with Crippen LogP contribution in [-0.2, 0) is 23.2 Å². The van der Waals surface area contributed by atoms with Crippen molar-refractivity contribution in [3.63, 3.8) is 0 Å². The summed E-state index contributed by atoms with van der Waals surface area (Å²) in [5, 5.41) is 31.2. The van der Waals surface area contributed by atoms with E-state index in [1.165, 1.54) is 6.07 Å². The van der Waals surface area contributed by atoms with E-state index in [-0.39, 0.29) is 18.1 Å². The van der Waals surface area contributed by atoms with Crippen molar-refractivity contribution in [2.45, 2.75) is 63.3 Å². The summed E-state index contributed by atoms with van der Waals surface area (Å²) < 4.78 is 14.4. The Morgan fingerprint density at radius 1 is 1.40 bits per heavy atom. The molecular formula is C18H25BFNO4. The fourth-order valence-electron chi connectivity index (χ4n) is 3.91. The van der Waals surface area contributed by atoms with Gasteiger partial charge in [0.05, 0.1) is 5.41 Å². The summed E-state index contributed by atoms with van der Waals surface area (Å²) >= 11 is 0. The van der Waals surface area contributed by atoms with Crippen LogP contribution in [0, 0.1) is 11.7 Å². The summed E-state index contributed by atoms with van der Waals surface area (Å²) in [5.74, 6) is -1.37. The number of carbonyl (C=O) groups is 1. The van der Waals surface area contributed by atoms with Crippen LogP contribution in [-0.4, -0.2) is 34.3 Å². The van der Waals surface area contributed by atoms with Gasteiger partial charge < -0.3 is 20.5 Å². The number of hydrogen-bond donors (Lipinski definition) is 4. The lowest BCUT2D eigenvalue weighted by molar-refractivity contribution is -0.145. The maximum Gasteiger partial charge on any atom is 0.451 e. The van der Waals surface area contributed by atoms with E-state index in [1.807, 2.05) is 0 Å². The van der Waals surface area contributed by atoms with Crippen LogP contribution in [0.15, 0.2) is 12.1 Å². The molecule has 0 aromatic heterocycles. The Morgan fingerprint density at radius 2 is 2.12 bits per heavy atom. The van der Waals surface area contributed by atoms with E-state index in [0.29, 0.717) is 43.0 Å². The van der Waals surface area contributed by atoms with Crippen LogP contribution in [0.1, 0.15) is 49.3 Å². The maximum absolute atomic E-state index is 14.4. The number of carboxylic acids is 1. The number of halogens is 1. The molecule has 0 amide bonds. The molecule has 1 fully saturated rings. The normalized spacial score (nSPS) is 25.0. The molecule has 2 atom stereocenters. The van der Waals surface area contributed by atoms with Crippen LogP contribution >= 0.6 is 0 Å². The Balaban J connectivity index is 1.83. The third-order valence-corrected chi connectivity index (χ3v) is 5.73. The first kappa shape index (κ1) is 18.4. The third-order valence-electron chi connectivity index (χ3n) is 5.73. The van der Waals surface area contributed by atoms with E-state index in [1.54, 1.807) is 13.0 Å². The number of rotatable bonds is 8. The average Bonchev–Trinajstić information content (AvgIpc) is 3.32. The second kappa shape index (κ2) is 7.06. The summed E-state index contributed by atoms with van der Waals surface area (Å²) in [7, 11) is -1.38. The monoisotopic (exact) mass is 349 g/mol. The number of fused-ring (bicyclic) bond motifs is 1. The molecule has 2 aliphatic rings. The molecule has 25 heavy (non-hydrogen) atoms. The van der Waals surface area contributed by atoms with Gasteiger partial charge in [0.2, 0.25) is 0 Å². The Labute approximate surface area is 147 Å². The van der Waals surface area contributed by atoms with Crippen LogP contribution in [0.3, 0.4) is 0 Å². The summed E-state index contributed by atoms with van der Waals surface area (Å²) in [5.41, 5.74) is 0.901. The van der Waals surface area contributed by atoms with Gasteiger partial charge in [0, 0.05) is 18.2 Å². The molecular weight excluding hydrogens is 324 g/mol. The Hall–Kier alpha value is -1.44. The Bertz CT molecular complexity index is 665. The van der Waals surface area contributed by atoms with Crippen LogP contribution < -0.4 is 5.32 Å². The maximum atomic E-state index is 14.4. The van der Waals surface area contributed by atoms with E-state index in [0.717, 1.165) is 18.4 Å². The van der Waals surface area contributed by atoms with Gasteiger partial charge in [-0.05, 0) is 62.0 Å². The van der Waals surface area contributed by atoms with Gasteiger partial charge >= 0.3 is 13.1 Å². The quantitative estimate of drug-likeness (QED) is 0.538. The van der Waals surface area contributed by atoms with Crippen molar-refractivity contribution >= 4 is 13.1 Å². The van der Waals surface area contributed by atoms with Crippen LogP contribution in [0.2, 0.25) is 6.32 Å². The first-order valence-corrected chi connectivity index (χ1v) is 8.97. The molecule has 4 N–H and O–H groups in total. The highest BCUT2D eigenvalue weighted by molar-refractivity contribution is 6.40. The fraction of sp³-hybridized carbons (Fsp3) is 0.611. The van der Waals surface area contributed by atoms with E-state index in [9.17, 15) is 14.3 Å². The van der Waals surface area contributed by atoms with Crippen LogP contribution in [0.25, 0.3) is 0 Å². The molecule has 7 heteroatoms. The predicted molar refractivity (Wildman–Crippen MR) is 92.7 cm³/mol. The summed E-state index contributed by atoms with van der Waals surface area (Å²) in [6, 6.07) is 3.66.